The minimum absolute atomic E-state index is 0.636. The molecule has 0 fully saturated rings. The molecule has 78 valence electrons. The van der Waals surface area contributed by atoms with Gasteiger partial charge in [-0.05, 0) is 16.7 Å². The van der Waals surface area contributed by atoms with Gasteiger partial charge in [-0.1, -0.05) is 27.7 Å². The molecule has 0 aliphatic rings. The molecule has 2 radical (unpaired) electrons. The average Bonchev–Trinajstić information content (AvgIpc) is 2.05. The van der Waals surface area contributed by atoms with Gasteiger partial charge in [-0.15, -0.1) is 0 Å². The zero-order chi connectivity index (χ0) is 10.4. The molecule has 0 N–H and O–H groups in total. The first-order chi connectivity index (χ1) is 6.02. The molecule has 0 aromatic carbocycles. The summed E-state index contributed by atoms with van der Waals surface area (Å²) in [4.78, 5) is 0. The van der Waals surface area contributed by atoms with Crippen LogP contribution in [0.5, 0.6) is 0 Å². The predicted molar refractivity (Wildman–Crippen MR) is 60.5 cm³/mol. The van der Waals surface area contributed by atoms with Crippen molar-refractivity contribution in [3.63, 3.8) is 0 Å². The summed E-state index contributed by atoms with van der Waals surface area (Å²) in [6.07, 6.45) is 0. The summed E-state index contributed by atoms with van der Waals surface area (Å²) < 4.78 is 11.1. The van der Waals surface area contributed by atoms with Crippen LogP contribution in [0, 0.1) is 0 Å². The Morgan fingerprint density at radius 2 is 1.15 bits per heavy atom. The fourth-order valence-corrected chi connectivity index (χ4v) is 7.93. The third-order valence-corrected chi connectivity index (χ3v) is 8.57. The second kappa shape index (κ2) is 6.76. The molecule has 0 heterocycles. The Kier molecular flexibility index (Phi) is 6.94. The monoisotopic (exact) mass is 218 g/mol. The fourth-order valence-electron chi connectivity index (χ4n) is 1.20. The van der Waals surface area contributed by atoms with Crippen LogP contribution >= 0.6 is 0 Å². The molecule has 0 bridgehead atoms. The molecule has 0 unspecified atom stereocenters. The van der Waals surface area contributed by atoms with Crippen molar-refractivity contribution < 1.29 is 8.85 Å². The van der Waals surface area contributed by atoms with Crippen molar-refractivity contribution in [1.82, 2.24) is 0 Å². The minimum atomic E-state index is -0.636. The topological polar surface area (TPSA) is 18.5 Å². The molecule has 0 rings (SSSR count). The molecular formula is C9H22O2Si2. The summed E-state index contributed by atoms with van der Waals surface area (Å²) in [6.45, 7) is 8.97. The summed E-state index contributed by atoms with van der Waals surface area (Å²) in [5, 5.41) is 0. The minimum Gasteiger partial charge on any atom is -0.420 e. The lowest BCUT2D eigenvalue weighted by atomic mass is 10.6. The van der Waals surface area contributed by atoms with Crippen LogP contribution in [0.1, 0.15) is 27.7 Å². The van der Waals surface area contributed by atoms with Gasteiger partial charge in [0.15, 0.2) is 0 Å². The maximum atomic E-state index is 5.54. The van der Waals surface area contributed by atoms with Crippen molar-refractivity contribution in [3.05, 3.63) is 0 Å². The summed E-state index contributed by atoms with van der Waals surface area (Å²) in [5.74, 6) is 0. The van der Waals surface area contributed by atoms with E-state index in [-0.39, 0.29) is 0 Å². The Balaban J connectivity index is 4.03. The number of hydrogen-bond donors (Lipinski definition) is 0. The van der Waals surface area contributed by atoms with Crippen LogP contribution in [0.4, 0.5) is 0 Å². The molecule has 0 saturated heterocycles. The van der Waals surface area contributed by atoms with Crippen LogP contribution in [-0.4, -0.2) is 32.3 Å². The van der Waals surface area contributed by atoms with Crippen LogP contribution < -0.4 is 0 Å². The molecular weight excluding hydrogens is 196 g/mol. The first kappa shape index (κ1) is 13.4. The zero-order valence-electron chi connectivity index (χ0n) is 9.68. The maximum Gasteiger partial charge on any atom is 0.212 e. The van der Waals surface area contributed by atoms with E-state index in [0.717, 1.165) is 0 Å². The third-order valence-electron chi connectivity index (χ3n) is 2.16. The van der Waals surface area contributed by atoms with E-state index in [4.69, 9.17) is 8.85 Å². The van der Waals surface area contributed by atoms with Crippen LogP contribution in [0.2, 0.25) is 16.7 Å². The highest BCUT2D eigenvalue weighted by atomic mass is 28.4. The van der Waals surface area contributed by atoms with Crippen molar-refractivity contribution in [2.75, 3.05) is 14.2 Å². The van der Waals surface area contributed by atoms with Gasteiger partial charge in [0.05, 0.1) is 0 Å². The molecule has 13 heavy (non-hydrogen) atoms. The van der Waals surface area contributed by atoms with Crippen LogP contribution in [0.25, 0.3) is 0 Å². The Labute approximate surface area is 86.1 Å². The standard InChI is InChI=1S/C9H22O2Si2/c1-8(2)12(10-5)7-13(11-6)9(3)4/h8-9H,7H2,1-6H3. The highest BCUT2D eigenvalue weighted by molar-refractivity contribution is 6.72. The maximum absolute atomic E-state index is 5.54. The molecule has 0 amide bonds. The highest BCUT2D eigenvalue weighted by Crippen LogP contribution is 2.19. The van der Waals surface area contributed by atoms with Crippen LogP contribution in [0.3, 0.4) is 0 Å². The summed E-state index contributed by atoms with van der Waals surface area (Å²) in [5.41, 5.74) is 2.56. The number of rotatable bonds is 6. The highest BCUT2D eigenvalue weighted by Gasteiger charge is 2.26. The quantitative estimate of drug-likeness (QED) is 0.638. The van der Waals surface area contributed by atoms with E-state index in [2.05, 4.69) is 27.7 Å². The van der Waals surface area contributed by atoms with Gasteiger partial charge in [-0.25, -0.2) is 0 Å². The molecule has 4 heteroatoms. The number of hydrogen-bond acceptors (Lipinski definition) is 2. The lowest BCUT2D eigenvalue weighted by Crippen LogP contribution is -2.32. The third kappa shape index (κ3) is 4.95. The van der Waals surface area contributed by atoms with Gasteiger partial charge in [0.2, 0.25) is 18.1 Å². The molecule has 0 aromatic heterocycles. The van der Waals surface area contributed by atoms with Crippen LogP contribution in [0.15, 0.2) is 0 Å². The summed E-state index contributed by atoms with van der Waals surface area (Å²) in [7, 11) is 2.40. The lowest BCUT2D eigenvalue weighted by molar-refractivity contribution is 0.395. The first-order valence-electron chi connectivity index (χ1n) is 4.82. The molecule has 2 nitrogen and oxygen atoms in total. The van der Waals surface area contributed by atoms with Gasteiger partial charge in [-0.3, -0.25) is 0 Å². The molecule has 0 spiro atoms. The zero-order valence-corrected chi connectivity index (χ0v) is 11.7. The molecule has 0 atom stereocenters. The van der Waals surface area contributed by atoms with Gasteiger partial charge in [0.1, 0.15) is 0 Å². The van der Waals surface area contributed by atoms with Crippen molar-refractivity contribution in [3.8, 4) is 0 Å². The van der Waals surface area contributed by atoms with Crippen molar-refractivity contribution in [2.45, 2.75) is 44.4 Å². The second-order valence-electron chi connectivity index (χ2n) is 3.83. The smallest absolute Gasteiger partial charge is 0.212 e. The Morgan fingerprint density at radius 1 is 0.846 bits per heavy atom. The largest absolute Gasteiger partial charge is 0.420 e. The Bertz CT molecular complexity index is 115. The van der Waals surface area contributed by atoms with E-state index in [1.54, 1.807) is 0 Å². The van der Waals surface area contributed by atoms with Crippen molar-refractivity contribution in [1.29, 1.82) is 0 Å². The Morgan fingerprint density at radius 3 is 1.31 bits per heavy atom. The molecule has 0 aromatic rings. The van der Waals surface area contributed by atoms with Gasteiger partial charge in [-0.2, -0.15) is 0 Å². The van der Waals surface area contributed by atoms with Crippen molar-refractivity contribution in [2.24, 2.45) is 0 Å². The van der Waals surface area contributed by atoms with Crippen molar-refractivity contribution >= 4 is 18.1 Å². The Hall–Kier alpha value is 0.354. The summed E-state index contributed by atoms with van der Waals surface area (Å²) in [6, 6.07) is 0. The first-order valence-corrected chi connectivity index (χ1v) is 8.20. The van der Waals surface area contributed by atoms with Gasteiger partial charge in [0.25, 0.3) is 0 Å². The van der Waals surface area contributed by atoms with Gasteiger partial charge < -0.3 is 8.85 Å². The lowest BCUT2D eigenvalue weighted by Gasteiger charge is -2.22. The SMILES string of the molecule is CO[Si](C[Si](OC)C(C)C)C(C)C. The van der Waals surface area contributed by atoms with E-state index in [0.29, 0.717) is 11.1 Å². The van der Waals surface area contributed by atoms with E-state index in [9.17, 15) is 0 Å². The fraction of sp³-hybridized carbons (Fsp3) is 1.00. The van der Waals surface area contributed by atoms with Gasteiger partial charge >= 0.3 is 0 Å². The van der Waals surface area contributed by atoms with E-state index >= 15 is 0 Å². The second-order valence-corrected chi connectivity index (χ2v) is 10.2. The molecule has 0 aliphatic heterocycles. The molecule has 0 saturated carbocycles. The predicted octanol–water partition coefficient (Wildman–Crippen LogP) is 2.62. The normalized spacial score (nSPS) is 12.5. The van der Waals surface area contributed by atoms with Crippen LogP contribution in [-0.2, 0) is 8.85 Å². The van der Waals surface area contributed by atoms with E-state index in [1.807, 2.05) is 14.2 Å². The van der Waals surface area contributed by atoms with E-state index in [1.165, 1.54) is 5.67 Å². The average molecular weight is 218 g/mol. The van der Waals surface area contributed by atoms with E-state index < -0.39 is 18.1 Å². The molecule has 0 aliphatic carbocycles. The van der Waals surface area contributed by atoms with Gasteiger partial charge in [0, 0.05) is 14.2 Å². The summed E-state index contributed by atoms with van der Waals surface area (Å²) >= 11 is 0.